The third-order valence-electron chi connectivity index (χ3n) is 3.12. The highest BCUT2D eigenvalue weighted by molar-refractivity contribution is 9.10. The number of aliphatic hydroxyl groups excluding tert-OH is 1. The second kappa shape index (κ2) is 5.23. The molecule has 1 unspecified atom stereocenters. The average Bonchev–Trinajstić information content (AvgIpc) is 2.88. The highest BCUT2D eigenvalue weighted by Crippen LogP contribution is 2.34. The van der Waals surface area contributed by atoms with Gasteiger partial charge in [-0.15, -0.1) is 0 Å². The number of ether oxygens (including phenoxy) is 2. The zero-order valence-corrected chi connectivity index (χ0v) is 11.8. The van der Waals surface area contributed by atoms with Gasteiger partial charge in [-0.1, -0.05) is 34.1 Å². The molecule has 2 aromatic rings. The zero-order valence-electron chi connectivity index (χ0n) is 10.2. The van der Waals surface area contributed by atoms with Crippen LogP contribution >= 0.6 is 15.9 Å². The van der Waals surface area contributed by atoms with E-state index < -0.39 is 6.10 Å². The minimum Gasteiger partial charge on any atom is -0.454 e. The monoisotopic (exact) mass is 320 g/mol. The minimum atomic E-state index is -0.546. The molecule has 98 valence electrons. The number of benzene rings is 2. The molecule has 1 aliphatic heterocycles. The second-order valence-electron chi connectivity index (χ2n) is 4.46. The van der Waals surface area contributed by atoms with E-state index in [0.717, 1.165) is 21.3 Å². The molecule has 0 saturated heterocycles. The summed E-state index contributed by atoms with van der Waals surface area (Å²) in [6.07, 6.45) is 0.0306. The van der Waals surface area contributed by atoms with Crippen molar-refractivity contribution >= 4 is 15.9 Å². The van der Waals surface area contributed by atoms with E-state index in [-0.39, 0.29) is 6.79 Å². The van der Waals surface area contributed by atoms with E-state index in [1.165, 1.54) is 0 Å². The van der Waals surface area contributed by atoms with Crippen LogP contribution in [-0.2, 0) is 6.42 Å². The normalized spacial score (nSPS) is 14.4. The van der Waals surface area contributed by atoms with Gasteiger partial charge in [0, 0.05) is 10.9 Å². The van der Waals surface area contributed by atoms with Crippen LogP contribution in [0.4, 0.5) is 0 Å². The Bertz CT molecular complexity index is 580. The summed E-state index contributed by atoms with van der Waals surface area (Å²) in [5.41, 5.74) is 1.93. The van der Waals surface area contributed by atoms with Crippen molar-refractivity contribution in [3.63, 3.8) is 0 Å². The van der Waals surface area contributed by atoms with Gasteiger partial charge in [0.05, 0.1) is 6.10 Å². The largest absolute Gasteiger partial charge is 0.454 e. The van der Waals surface area contributed by atoms with Crippen molar-refractivity contribution in [1.82, 2.24) is 0 Å². The average molecular weight is 321 g/mol. The van der Waals surface area contributed by atoms with Gasteiger partial charge in [0.2, 0.25) is 6.79 Å². The summed E-state index contributed by atoms with van der Waals surface area (Å²) >= 11 is 3.40. The highest BCUT2D eigenvalue weighted by atomic mass is 79.9. The Balaban J connectivity index is 1.76. The molecule has 3 rings (SSSR count). The van der Waals surface area contributed by atoms with Crippen LogP contribution in [0, 0.1) is 0 Å². The Kier molecular flexibility index (Phi) is 3.44. The van der Waals surface area contributed by atoms with Crippen LogP contribution in [-0.4, -0.2) is 11.9 Å². The van der Waals surface area contributed by atoms with Crippen molar-refractivity contribution in [3.8, 4) is 11.5 Å². The molecule has 0 bridgehead atoms. The predicted molar refractivity (Wildman–Crippen MR) is 75.4 cm³/mol. The molecular weight excluding hydrogens is 308 g/mol. The third-order valence-corrected chi connectivity index (χ3v) is 3.65. The summed E-state index contributed by atoms with van der Waals surface area (Å²) in [7, 11) is 0. The van der Waals surface area contributed by atoms with Gasteiger partial charge in [-0.3, -0.25) is 0 Å². The summed E-state index contributed by atoms with van der Waals surface area (Å²) in [6.45, 7) is 0.252. The lowest BCUT2D eigenvalue weighted by atomic mass is 10.0. The van der Waals surface area contributed by atoms with Gasteiger partial charge in [-0.2, -0.15) is 0 Å². The lowest BCUT2D eigenvalue weighted by Crippen LogP contribution is -2.01. The second-order valence-corrected chi connectivity index (χ2v) is 5.37. The van der Waals surface area contributed by atoms with Crippen molar-refractivity contribution in [2.45, 2.75) is 12.5 Å². The van der Waals surface area contributed by atoms with Crippen LogP contribution < -0.4 is 9.47 Å². The molecule has 4 heteroatoms. The molecule has 0 amide bonds. The topological polar surface area (TPSA) is 38.7 Å². The zero-order chi connectivity index (χ0) is 13.2. The van der Waals surface area contributed by atoms with E-state index in [0.29, 0.717) is 12.2 Å². The maximum absolute atomic E-state index is 10.3. The Labute approximate surface area is 119 Å². The lowest BCUT2D eigenvalue weighted by Gasteiger charge is -2.11. The van der Waals surface area contributed by atoms with Crippen LogP contribution in [0.3, 0.4) is 0 Å². The van der Waals surface area contributed by atoms with E-state index >= 15 is 0 Å². The van der Waals surface area contributed by atoms with Crippen LogP contribution in [0.5, 0.6) is 11.5 Å². The molecule has 0 aliphatic carbocycles. The first-order valence-electron chi connectivity index (χ1n) is 6.04. The fourth-order valence-electron chi connectivity index (χ4n) is 2.08. The van der Waals surface area contributed by atoms with Gasteiger partial charge in [0.15, 0.2) is 11.5 Å². The first-order valence-corrected chi connectivity index (χ1v) is 6.84. The molecular formula is C15H13BrO3. The molecule has 2 aromatic carbocycles. The minimum absolute atomic E-state index is 0.252. The molecule has 0 saturated carbocycles. The summed E-state index contributed by atoms with van der Waals surface area (Å²) < 4.78 is 11.6. The maximum atomic E-state index is 10.3. The van der Waals surface area contributed by atoms with Gasteiger partial charge in [0.25, 0.3) is 0 Å². The van der Waals surface area contributed by atoms with Crippen molar-refractivity contribution < 1.29 is 14.6 Å². The summed E-state index contributed by atoms with van der Waals surface area (Å²) in [4.78, 5) is 0. The van der Waals surface area contributed by atoms with E-state index in [4.69, 9.17) is 9.47 Å². The Morgan fingerprint density at radius 1 is 1.05 bits per heavy atom. The quantitative estimate of drug-likeness (QED) is 0.941. The maximum Gasteiger partial charge on any atom is 0.231 e. The van der Waals surface area contributed by atoms with E-state index in [1.807, 2.05) is 42.5 Å². The van der Waals surface area contributed by atoms with E-state index in [9.17, 15) is 5.11 Å². The van der Waals surface area contributed by atoms with E-state index in [1.54, 1.807) is 0 Å². The third kappa shape index (κ3) is 2.74. The Morgan fingerprint density at radius 2 is 1.79 bits per heavy atom. The lowest BCUT2D eigenvalue weighted by molar-refractivity contribution is 0.171. The van der Waals surface area contributed by atoms with Gasteiger partial charge in [-0.25, -0.2) is 0 Å². The van der Waals surface area contributed by atoms with Crippen LogP contribution in [0.25, 0.3) is 0 Å². The molecule has 1 atom stereocenters. The van der Waals surface area contributed by atoms with Gasteiger partial charge < -0.3 is 14.6 Å². The Morgan fingerprint density at radius 3 is 2.58 bits per heavy atom. The Hall–Kier alpha value is -1.52. The molecule has 0 aromatic heterocycles. The molecule has 19 heavy (non-hydrogen) atoms. The highest BCUT2D eigenvalue weighted by Gasteiger charge is 2.16. The fourth-order valence-corrected chi connectivity index (χ4v) is 2.35. The van der Waals surface area contributed by atoms with E-state index in [2.05, 4.69) is 15.9 Å². The molecule has 1 aliphatic rings. The van der Waals surface area contributed by atoms with Crippen molar-refractivity contribution in [1.29, 1.82) is 0 Å². The number of hydrogen-bond donors (Lipinski definition) is 1. The van der Waals surface area contributed by atoms with Crippen LogP contribution in [0.2, 0.25) is 0 Å². The number of rotatable bonds is 3. The summed E-state index contributed by atoms with van der Waals surface area (Å²) in [6, 6.07) is 13.5. The first-order chi connectivity index (χ1) is 9.22. The van der Waals surface area contributed by atoms with Gasteiger partial charge in [0.1, 0.15) is 0 Å². The number of hydrogen-bond acceptors (Lipinski definition) is 3. The summed E-state index contributed by atoms with van der Waals surface area (Å²) in [5, 5.41) is 10.3. The van der Waals surface area contributed by atoms with Crippen LogP contribution in [0.15, 0.2) is 46.9 Å². The standard InChI is InChI=1S/C15H13BrO3/c16-12-4-1-10(2-5-12)7-13(17)11-3-6-14-15(8-11)19-9-18-14/h1-6,8,13,17H,7,9H2. The van der Waals surface area contributed by atoms with Crippen molar-refractivity contribution in [2.75, 3.05) is 6.79 Å². The predicted octanol–water partition coefficient (Wildman–Crippen LogP) is 3.45. The van der Waals surface area contributed by atoms with Gasteiger partial charge >= 0.3 is 0 Å². The molecule has 1 N–H and O–H groups in total. The first kappa shape index (κ1) is 12.5. The summed E-state index contributed by atoms with van der Waals surface area (Å²) in [5.74, 6) is 1.44. The van der Waals surface area contributed by atoms with Gasteiger partial charge in [-0.05, 0) is 35.4 Å². The van der Waals surface area contributed by atoms with Crippen LogP contribution in [0.1, 0.15) is 17.2 Å². The number of aliphatic hydroxyl groups is 1. The molecule has 0 fully saturated rings. The fraction of sp³-hybridized carbons (Fsp3) is 0.200. The molecule has 0 spiro atoms. The number of halogens is 1. The molecule has 1 heterocycles. The SMILES string of the molecule is OC(Cc1ccc(Br)cc1)c1ccc2c(c1)OCO2. The smallest absolute Gasteiger partial charge is 0.231 e. The van der Waals surface area contributed by atoms with Crippen molar-refractivity contribution in [2.24, 2.45) is 0 Å². The van der Waals surface area contributed by atoms with Crippen molar-refractivity contribution in [3.05, 3.63) is 58.1 Å². The molecule has 3 nitrogen and oxygen atoms in total. The number of fused-ring (bicyclic) bond motifs is 1. The molecule has 0 radical (unpaired) electrons.